The summed E-state index contributed by atoms with van der Waals surface area (Å²) in [7, 11) is 0. The summed E-state index contributed by atoms with van der Waals surface area (Å²) in [6, 6.07) is 4.72. The van der Waals surface area contributed by atoms with Gasteiger partial charge >= 0.3 is 5.97 Å². The first kappa shape index (κ1) is 14.4. The van der Waals surface area contributed by atoms with E-state index in [1.54, 1.807) is 6.07 Å². The first-order chi connectivity index (χ1) is 9.06. The zero-order valence-electron chi connectivity index (χ0n) is 10.2. The Morgan fingerprint density at radius 3 is 2.47 bits per heavy atom. The second kappa shape index (κ2) is 6.43. The minimum atomic E-state index is -1.04. The molecule has 0 unspecified atom stereocenters. The third kappa shape index (κ3) is 3.98. The van der Waals surface area contributed by atoms with E-state index in [9.17, 15) is 9.59 Å². The number of carboxylic acids is 1. The Labute approximate surface area is 124 Å². The Balaban J connectivity index is 2.11. The molecular formula is C13H14BrNO3S. The van der Waals surface area contributed by atoms with Crippen LogP contribution in [-0.2, 0) is 0 Å². The van der Waals surface area contributed by atoms with Crippen molar-refractivity contribution in [2.45, 2.75) is 18.9 Å². The van der Waals surface area contributed by atoms with E-state index in [1.807, 2.05) is 11.8 Å². The standard InChI is InChI=1S/C13H14BrNO3S/c14-10-6-8(5-9(7-10)13(17)18)12(16)15-11-1-3-19-4-2-11/h5-7,11H,1-4H2,(H,15,16)(H,17,18). The van der Waals surface area contributed by atoms with Gasteiger partial charge in [0.05, 0.1) is 5.56 Å². The summed E-state index contributed by atoms with van der Waals surface area (Å²) in [6.45, 7) is 0. The monoisotopic (exact) mass is 343 g/mol. The number of aromatic carboxylic acids is 1. The van der Waals surface area contributed by atoms with Crippen molar-refractivity contribution in [2.24, 2.45) is 0 Å². The van der Waals surface area contributed by atoms with Crippen molar-refractivity contribution >= 4 is 39.6 Å². The molecular weight excluding hydrogens is 330 g/mol. The van der Waals surface area contributed by atoms with Crippen LogP contribution in [0.3, 0.4) is 0 Å². The number of amides is 1. The van der Waals surface area contributed by atoms with Gasteiger partial charge in [0, 0.05) is 16.1 Å². The van der Waals surface area contributed by atoms with E-state index < -0.39 is 5.97 Å². The molecule has 2 rings (SSSR count). The Morgan fingerprint density at radius 2 is 1.84 bits per heavy atom. The minimum absolute atomic E-state index is 0.110. The minimum Gasteiger partial charge on any atom is -0.478 e. The van der Waals surface area contributed by atoms with Crippen LogP contribution in [0.5, 0.6) is 0 Å². The summed E-state index contributed by atoms with van der Waals surface area (Å²) in [5, 5.41) is 11.9. The molecule has 4 nitrogen and oxygen atoms in total. The quantitative estimate of drug-likeness (QED) is 0.885. The fourth-order valence-corrected chi connectivity index (χ4v) is 3.55. The largest absolute Gasteiger partial charge is 0.478 e. The van der Waals surface area contributed by atoms with Crippen LogP contribution >= 0.6 is 27.7 Å². The highest BCUT2D eigenvalue weighted by molar-refractivity contribution is 9.10. The molecule has 0 saturated carbocycles. The topological polar surface area (TPSA) is 66.4 Å². The predicted molar refractivity (Wildman–Crippen MR) is 78.9 cm³/mol. The van der Waals surface area contributed by atoms with Gasteiger partial charge in [0.25, 0.3) is 5.91 Å². The molecule has 1 heterocycles. The van der Waals surface area contributed by atoms with Gasteiger partial charge in [-0.3, -0.25) is 4.79 Å². The van der Waals surface area contributed by atoms with E-state index in [2.05, 4.69) is 21.2 Å². The van der Waals surface area contributed by atoms with Gasteiger partial charge in [0.15, 0.2) is 0 Å². The highest BCUT2D eigenvalue weighted by Crippen LogP contribution is 2.19. The molecule has 102 valence electrons. The van der Waals surface area contributed by atoms with Crippen molar-refractivity contribution in [1.82, 2.24) is 5.32 Å². The number of nitrogens with one attached hydrogen (secondary N) is 1. The van der Waals surface area contributed by atoms with Gasteiger partial charge in [-0.15, -0.1) is 0 Å². The summed E-state index contributed by atoms with van der Waals surface area (Å²) in [5.74, 6) is 0.873. The SMILES string of the molecule is O=C(O)c1cc(Br)cc(C(=O)NC2CCSCC2)c1. The molecule has 2 N–H and O–H groups in total. The number of carbonyl (C=O) groups excluding carboxylic acids is 1. The Bertz CT molecular complexity index is 501. The molecule has 0 aromatic heterocycles. The number of hydrogen-bond donors (Lipinski definition) is 2. The molecule has 1 saturated heterocycles. The van der Waals surface area contributed by atoms with Crippen LogP contribution in [0.15, 0.2) is 22.7 Å². The first-order valence-corrected chi connectivity index (χ1v) is 7.93. The van der Waals surface area contributed by atoms with Gasteiger partial charge in [0.2, 0.25) is 0 Å². The lowest BCUT2D eigenvalue weighted by Gasteiger charge is -2.22. The number of halogens is 1. The molecule has 1 aliphatic heterocycles. The third-order valence-electron chi connectivity index (χ3n) is 2.96. The van der Waals surface area contributed by atoms with Gasteiger partial charge in [-0.2, -0.15) is 11.8 Å². The molecule has 0 spiro atoms. The van der Waals surface area contributed by atoms with Crippen LogP contribution in [0.2, 0.25) is 0 Å². The molecule has 1 aliphatic rings. The van der Waals surface area contributed by atoms with Crippen molar-refractivity contribution in [3.63, 3.8) is 0 Å². The summed E-state index contributed by atoms with van der Waals surface area (Å²) < 4.78 is 0.594. The molecule has 19 heavy (non-hydrogen) atoms. The highest BCUT2D eigenvalue weighted by Gasteiger charge is 2.18. The second-order valence-electron chi connectivity index (χ2n) is 4.39. The van der Waals surface area contributed by atoms with E-state index in [0.717, 1.165) is 24.3 Å². The summed E-state index contributed by atoms with van der Waals surface area (Å²) in [5.41, 5.74) is 0.490. The predicted octanol–water partition coefficient (Wildman–Crippen LogP) is 2.77. The zero-order chi connectivity index (χ0) is 13.8. The second-order valence-corrected chi connectivity index (χ2v) is 6.53. The molecule has 6 heteroatoms. The Kier molecular flexibility index (Phi) is 4.87. The molecule has 0 radical (unpaired) electrons. The van der Waals surface area contributed by atoms with Crippen molar-refractivity contribution in [2.75, 3.05) is 11.5 Å². The zero-order valence-corrected chi connectivity index (χ0v) is 12.6. The summed E-state index contributed by atoms with van der Waals surface area (Å²) >= 11 is 5.12. The number of hydrogen-bond acceptors (Lipinski definition) is 3. The van der Waals surface area contributed by atoms with Crippen LogP contribution in [0.4, 0.5) is 0 Å². The summed E-state index contributed by atoms with van der Waals surface area (Å²) in [6.07, 6.45) is 1.94. The molecule has 0 atom stereocenters. The molecule has 1 amide bonds. The van der Waals surface area contributed by atoms with Crippen molar-refractivity contribution in [3.8, 4) is 0 Å². The average molecular weight is 344 g/mol. The van der Waals surface area contributed by atoms with Crippen LogP contribution in [0.25, 0.3) is 0 Å². The number of carboxylic acid groups (broad SMARTS) is 1. The van der Waals surface area contributed by atoms with Gasteiger partial charge in [-0.05, 0) is 42.5 Å². The van der Waals surface area contributed by atoms with Gasteiger partial charge in [-0.1, -0.05) is 15.9 Å². The van der Waals surface area contributed by atoms with Gasteiger partial charge < -0.3 is 10.4 Å². The number of thioether (sulfide) groups is 1. The van der Waals surface area contributed by atoms with E-state index in [-0.39, 0.29) is 17.5 Å². The average Bonchev–Trinajstić information content (AvgIpc) is 2.39. The molecule has 1 aromatic carbocycles. The molecule has 0 aliphatic carbocycles. The maximum absolute atomic E-state index is 12.1. The van der Waals surface area contributed by atoms with Crippen LogP contribution in [-0.4, -0.2) is 34.5 Å². The van der Waals surface area contributed by atoms with Crippen LogP contribution in [0.1, 0.15) is 33.6 Å². The van der Waals surface area contributed by atoms with Gasteiger partial charge in [-0.25, -0.2) is 4.79 Å². The number of carbonyl (C=O) groups is 2. The molecule has 0 bridgehead atoms. The van der Waals surface area contributed by atoms with E-state index in [1.165, 1.54) is 12.1 Å². The molecule has 1 fully saturated rings. The van der Waals surface area contributed by atoms with Gasteiger partial charge in [0.1, 0.15) is 0 Å². The lowest BCUT2D eigenvalue weighted by atomic mass is 10.1. The number of rotatable bonds is 3. The maximum atomic E-state index is 12.1. The van der Waals surface area contributed by atoms with Crippen LogP contribution in [0, 0.1) is 0 Å². The normalized spacial score (nSPS) is 16.1. The molecule has 1 aromatic rings. The highest BCUT2D eigenvalue weighted by atomic mass is 79.9. The van der Waals surface area contributed by atoms with E-state index in [4.69, 9.17) is 5.11 Å². The maximum Gasteiger partial charge on any atom is 0.335 e. The first-order valence-electron chi connectivity index (χ1n) is 5.99. The fourth-order valence-electron chi connectivity index (χ4n) is 1.95. The Hall–Kier alpha value is -1.01. The number of benzene rings is 1. The fraction of sp³-hybridized carbons (Fsp3) is 0.385. The van der Waals surface area contributed by atoms with E-state index >= 15 is 0 Å². The van der Waals surface area contributed by atoms with Crippen molar-refractivity contribution in [3.05, 3.63) is 33.8 Å². The van der Waals surface area contributed by atoms with E-state index in [0.29, 0.717) is 10.0 Å². The van der Waals surface area contributed by atoms with Crippen LogP contribution < -0.4 is 5.32 Å². The third-order valence-corrected chi connectivity index (χ3v) is 4.47. The Morgan fingerprint density at radius 1 is 1.21 bits per heavy atom. The smallest absolute Gasteiger partial charge is 0.335 e. The lowest BCUT2D eigenvalue weighted by Crippen LogP contribution is -2.37. The van der Waals surface area contributed by atoms with Crippen molar-refractivity contribution in [1.29, 1.82) is 0 Å². The lowest BCUT2D eigenvalue weighted by molar-refractivity contribution is 0.0697. The van der Waals surface area contributed by atoms with Crippen molar-refractivity contribution < 1.29 is 14.7 Å². The summed E-state index contributed by atoms with van der Waals surface area (Å²) in [4.78, 5) is 23.1.